The zero-order chi connectivity index (χ0) is 38.6. The van der Waals surface area contributed by atoms with E-state index in [1.165, 1.54) is 0 Å². The number of rotatable bonds is 25. The molecule has 0 aromatic rings. The third-order valence-electron chi connectivity index (χ3n) is 7.46. The predicted octanol–water partition coefficient (Wildman–Crippen LogP) is -5.60. The molecule has 0 aromatic carbocycles. The molecule has 0 aliphatic carbocycles. The van der Waals surface area contributed by atoms with Crippen LogP contribution in [-0.2, 0) is 33.6 Å². The maximum Gasteiger partial charge on any atom is 0.328 e. The van der Waals surface area contributed by atoms with E-state index in [0.717, 1.165) is 0 Å². The van der Waals surface area contributed by atoms with Gasteiger partial charge in [0.15, 0.2) is 0 Å². The van der Waals surface area contributed by atoms with Crippen molar-refractivity contribution in [3.8, 4) is 0 Å². The largest absolute Gasteiger partial charge is 0.480 e. The van der Waals surface area contributed by atoms with Crippen LogP contribution in [0.3, 0.4) is 0 Å². The average molecular weight is 718 g/mol. The van der Waals surface area contributed by atoms with Gasteiger partial charge in [0.25, 0.3) is 0 Å². The normalized spacial score (nSPS) is 15.4. The number of nitrogens with two attached hydrogens (primary N) is 5. The molecule has 18 N–H and O–H groups in total. The van der Waals surface area contributed by atoms with Crippen molar-refractivity contribution in [1.29, 1.82) is 0 Å². The molecule has 7 atom stereocenters. The highest BCUT2D eigenvalue weighted by molar-refractivity contribution is 5.97. The number of aliphatic hydroxyl groups excluding tert-OH is 1. The van der Waals surface area contributed by atoms with Gasteiger partial charge in [-0.05, 0) is 70.1 Å². The van der Waals surface area contributed by atoms with Gasteiger partial charge in [-0.15, -0.1) is 0 Å². The van der Waals surface area contributed by atoms with E-state index in [2.05, 4.69) is 31.9 Å². The van der Waals surface area contributed by atoms with Crippen LogP contribution >= 0.6 is 0 Å². The Hall–Kier alpha value is -3.95. The molecule has 0 heterocycles. The Bertz CT molecular complexity index is 1130. The van der Waals surface area contributed by atoms with Gasteiger partial charge in [0.1, 0.15) is 36.3 Å². The molecule has 0 radical (unpaired) electrons. The number of hydrogen-bond acceptors (Lipinski definition) is 13. The van der Waals surface area contributed by atoms with Gasteiger partial charge in [-0.3, -0.25) is 28.8 Å². The van der Waals surface area contributed by atoms with E-state index < -0.39 is 96.2 Å². The second kappa shape index (κ2) is 24.2. The SMILES string of the molecule is CC(C)C[C@@H](NC(=O)[C@H](CCN)NC(=O)[C@@H](N)CCN)C(=O)N[C@H](C(=O)N[C@@H](CCN)C(=O)N[C@@H](CCN)C(=O)N[C@@H](CO)C(=O)O)C(C)C. The molecule has 0 aromatic heterocycles. The summed E-state index contributed by atoms with van der Waals surface area (Å²) in [7, 11) is 0. The van der Waals surface area contributed by atoms with Crippen molar-refractivity contribution in [3.05, 3.63) is 0 Å². The molecule has 0 spiro atoms. The topological polar surface area (TPSA) is 362 Å². The number of carbonyl (C=O) groups excluding carboxylic acids is 6. The van der Waals surface area contributed by atoms with Crippen LogP contribution < -0.4 is 60.6 Å². The van der Waals surface area contributed by atoms with E-state index in [0.29, 0.717) is 0 Å². The Balaban J connectivity index is 5.95. The van der Waals surface area contributed by atoms with Crippen LogP contribution in [0.25, 0.3) is 0 Å². The highest BCUT2D eigenvalue weighted by Gasteiger charge is 2.34. The van der Waals surface area contributed by atoms with Crippen molar-refractivity contribution in [3.63, 3.8) is 0 Å². The number of hydrogen-bond donors (Lipinski definition) is 13. The number of carboxylic acids is 1. The lowest BCUT2D eigenvalue weighted by atomic mass is 9.99. The monoisotopic (exact) mass is 717 g/mol. The lowest BCUT2D eigenvalue weighted by Crippen LogP contribution is -2.61. The first kappa shape index (κ1) is 46.0. The molecule has 0 unspecified atom stereocenters. The smallest absolute Gasteiger partial charge is 0.328 e. The molecule has 0 fully saturated rings. The molecular weight excluding hydrogens is 658 g/mol. The maximum atomic E-state index is 13.6. The van der Waals surface area contributed by atoms with Crippen molar-refractivity contribution < 1.29 is 43.8 Å². The minimum absolute atomic E-state index is 0.0435. The van der Waals surface area contributed by atoms with Crippen molar-refractivity contribution in [2.45, 2.75) is 102 Å². The Labute approximate surface area is 292 Å². The van der Waals surface area contributed by atoms with E-state index in [-0.39, 0.29) is 64.2 Å². The van der Waals surface area contributed by atoms with E-state index in [1.54, 1.807) is 13.8 Å². The van der Waals surface area contributed by atoms with E-state index in [1.807, 2.05) is 13.8 Å². The highest BCUT2D eigenvalue weighted by Crippen LogP contribution is 2.10. The number of carbonyl (C=O) groups is 7. The van der Waals surface area contributed by atoms with Crippen molar-refractivity contribution in [1.82, 2.24) is 31.9 Å². The molecule has 0 rings (SSSR count). The van der Waals surface area contributed by atoms with Gasteiger partial charge in [0.05, 0.1) is 12.6 Å². The molecule has 0 aliphatic rings. The van der Waals surface area contributed by atoms with Gasteiger partial charge in [0, 0.05) is 0 Å². The lowest BCUT2D eigenvalue weighted by Gasteiger charge is -2.29. The summed E-state index contributed by atoms with van der Waals surface area (Å²) in [6.45, 7) is 6.13. The number of amides is 6. The van der Waals surface area contributed by atoms with Crippen LogP contribution in [0.5, 0.6) is 0 Å². The van der Waals surface area contributed by atoms with Gasteiger partial charge in [-0.1, -0.05) is 27.7 Å². The highest BCUT2D eigenvalue weighted by atomic mass is 16.4. The Morgan fingerprint density at radius 2 is 0.880 bits per heavy atom. The fourth-order valence-corrected chi connectivity index (χ4v) is 4.65. The first-order chi connectivity index (χ1) is 23.5. The number of carboxylic acid groups (broad SMARTS) is 1. The summed E-state index contributed by atoms with van der Waals surface area (Å²) >= 11 is 0. The molecular formula is C30H59N11O9. The van der Waals surface area contributed by atoms with Crippen LogP contribution in [0.15, 0.2) is 0 Å². The molecule has 20 nitrogen and oxygen atoms in total. The third-order valence-corrected chi connectivity index (χ3v) is 7.46. The van der Waals surface area contributed by atoms with Gasteiger partial charge < -0.3 is 70.8 Å². The summed E-state index contributed by atoms with van der Waals surface area (Å²) in [6, 6.07) is -8.56. The van der Waals surface area contributed by atoms with Gasteiger partial charge >= 0.3 is 5.97 Å². The summed E-state index contributed by atoms with van der Waals surface area (Å²) in [4.78, 5) is 89.9. The fourth-order valence-electron chi connectivity index (χ4n) is 4.65. The standard InChI is InChI=1S/C30H59N11O9/c1-15(2)13-21(39-26(45)18(6-10-32)36-24(43)17(35)5-9-31)28(47)41-23(16(3)4)29(48)38-20(8-12-34)25(44)37-19(7-11-33)27(46)40-22(14-42)30(49)50/h15-23,42H,5-14,31-35H2,1-4H3,(H,36,43)(H,37,44)(H,38,48)(H,39,45)(H,40,46)(H,41,47)(H,49,50)/t17-,18-,19-,20-,21+,22-,23-/m0/s1. The van der Waals surface area contributed by atoms with Gasteiger partial charge in [0.2, 0.25) is 35.4 Å². The minimum atomic E-state index is -1.62. The first-order valence-corrected chi connectivity index (χ1v) is 16.7. The summed E-state index contributed by atoms with van der Waals surface area (Å²) in [6.07, 6.45) is 0.246. The number of aliphatic carboxylic acids is 1. The molecule has 20 heteroatoms. The van der Waals surface area contributed by atoms with Crippen LogP contribution in [0.2, 0.25) is 0 Å². The van der Waals surface area contributed by atoms with Crippen LogP contribution in [0.1, 0.15) is 59.8 Å². The minimum Gasteiger partial charge on any atom is -0.480 e. The lowest BCUT2D eigenvalue weighted by molar-refractivity contribution is -0.143. The van der Waals surface area contributed by atoms with Crippen molar-refractivity contribution in [2.75, 3.05) is 32.8 Å². The van der Waals surface area contributed by atoms with Crippen LogP contribution in [0.4, 0.5) is 0 Å². The van der Waals surface area contributed by atoms with Crippen LogP contribution in [0, 0.1) is 11.8 Å². The van der Waals surface area contributed by atoms with Gasteiger partial charge in [-0.25, -0.2) is 4.79 Å². The summed E-state index contributed by atoms with van der Waals surface area (Å²) in [5.74, 6) is -6.57. The molecule has 288 valence electrons. The van der Waals surface area contributed by atoms with Gasteiger partial charge in [-0.2, -0.15) is 0 Å². The molecule has 0 bridgehead atoms. The maximum absolute atomic E-state index is 13.6. The molecule has 6 amide bonds. The van der Waals surface area contributed by atoms with Crippen LogP contribution in [-0.4, -0.2) is 127 Å². The van der Waals surface area contributed by atoms with E-state index in [9.17, 15) is 38.7 Å². The van der Waals surface area contributed by atoms with Crippen molar-refractivity contribution >= 4 is 41.4 Å². The number of aliphatic hydroxyl groups is 1. The van der Waals surface area contributed by atoms with Crippen molar-refractivity contribution in [2.24, 2.45) is 40.5 Å². The molecule has 0 saturated carbocycles. The molecule has 0 aliphatic heterocycles. The van der Waals surface area contributed by atoms with E-state index in [4.69, 9.17) is 33.8 Å². The molecule has 0 saturated heterocycles. The quantitative estimate of drug-likeness (QED) is 0.0419. The first-order valence-electron chi connectivity index (χ1n) is 16.7. The Morgan fingerprint density at radius 3 is 1.24 bits per heavy atom. The zero-order valence-corrected chi connectivity index (χ0v) is 29.4. The number of nitrogens with one attached hydrogen (secondary N) is 6. The Kier molecular flexibility index (Phi) is 22.3. The fraction of sp³-hybridized carbons (Fsp3) is 0.767. The summed E-state index contributed by atoms with van der Waals surface area (Å²) in [5, 5.41) is 33.3. The molecule has 50 heavy (non-hydrogen) atoms. The second-order valence-corrected chi connectivity index (χ2v) is 12.6. The zero-order valence-electron chi connectivity index (χ0n) is 29.4. The summed E-state index contributed by atoms with van der Waals surface area (Å²) < 4.78 is 0. The average Bonchev–Trinajstić information content (AvgIpc) is 3.04. The predicted molar refractivity (Wildman–Crippen MR) is 183 cm³/mol. The Morgan fingerprint density at radius 1 is 0.520 bits per heavy atom. The third kappa shape index (κ3) is 16.6. The van der Waals surface area contributed by atoms with E-state index >= 15 is 0 Å². The second-order valence-electron chi connectivity index (χ2n) is 12.6. The summed E-state index contributed by atoms with van der Waals surface area (Å²) in [5.41, 5.74) is 28.2.